The summed E-state index contributed by atoms with van der Waals surface area (Å²) in [5.41, 5.74) is 5.85. The molecular formula is C13H26N2O. The minimum Gasteiger partial charge on any atom is -0.356 e. The number of carbonyl (C=O) groups is 1. The van der Waals surface area contributed by atoms with E-state index in [1.54, 1.807) is 0 Å². The first-order valence-corrected chi connectivity index (χ1v) is 6.64. The van der Waals surface area contributed by atoms with Crippen LogP contribution in [-0.2, 0) is 4.79 Å². The van der Waals surface area contributed by atoms with E-state index in [2.05, 4.69) is 19.2 Å². The lowest BCUT2D eigenvalue weighted by atomic mass is 9.86. The smallest absolute Gasteiger partial charge is 0.220 e. The molecule has 1 rings (SSSR count). The van der Waals surface area contributed by atoms with Gasteiger partial charge in [-0.3, -0.25) is 4.79 Å². The highest BCUT2D eigenvalue weighted by Gasteiger charge is 2.19. The number of hydrogen-bond acceptors (Lipinski definition) is 2. The number of hydrogen-bond donors (Lipinski definition) is 2. The van der Waals surface area contributed by atoms with Gasteiger partial charge in [-0.05, 0) is 37.5 Å². The molecule has 16 heavy (non-hydrogen) atoms. The van der Waals surface area contributed by atoms with Crippen LogP contribution in [0.3, 0.4) is 0 Å². The molecule has 0 aromatic carbocycles. The molecule has 1 amide bonds. The number of nitrogens with one attached hydrogen (secondary N) is 1. The quantitative estimate of drug-likeness (QED) is 0.754. The van der Waals surface area contributed by atoms with E-state index in [1.165, 1.54) is 12.8 Å². The van der Waals surface area contributed by atoms with E-state index in [0.29, 0.717) is 24.3 Å². The van der Waals surface area contributed by atoms with E-state index >= 15 is 0 Å². The van der Waals surface area contributed by atoms with Crippen molar-refractivity contribution in [3.63, 3.8) is 0 Å². The summed E-state index contributed by atoms with van der Waals surface area (Å²) < 4.78 is 0. The van der Waals surface area contributed by atoms with Gasteiger partial charge in [0.05, 0.1) is 0 Å². The zero-order valence-electron chi connectivity index (χ0n) is 10.7. The minimum atomic E-state index is 0.212. The maximum atomic E-state index is 11.6. The number of amides is 1. The molecule has 0 spiro atoms. The molecule has 94 valence electrons. The molecule has 0 heterocycles. The Labute approximate surface area is 99.2 Å². The summed E-state index contributed by atoms with van der Waals surface area (Å²) in [5, 5.41) is 3.05. The Morgan fingerprint density at radius 3 is 2.56 bits per heavy atom. The van der Waals surface area contributed by atoms with Gasteiger partial charge in [-0.2, -0.15) is 0 Å². The summed E-state index contributed by atoms with van der Waals surface area (Å²) in [5.74, 6) is 1.37. The van der Waals surface area contributed by atoms with Crippen LogP contribution in [0.15, 0.2) is 0 Å². The predicted octanol–water partition coefficient (Wildman–Crippen LogP) is 2.06. The zero-order valence-corrected chi connectivity index (χ0v) is 10.7. The van der Waals surface area contributed by atoms with Crippen LogP contribution >= 0.6 is 0 Å². The van der Waals surface area contributed by atoms with Gasteiger partial charge in [-0.15, -0.1) is 0 Å². The lowest BCUT2D eigenvalue weighted by Gasteiger charge is -2.26. The van der Waals surface area contributed by atoms with Crippen LogP contribution in [0, 0.1) is 11.8 Å². The molecule has 1 fully saturated rings. The molecule has 0 aliphatic heterocycles. The lowest BCUT2D eigenvalue weighted by Crippen LogP contribution is -2.34. The van der Waals surface area contributed by atoms with Crippen molar-refractivity contribution in [1.29, 1.82) is 0 Å². The second-order valence-electron chi connectivity index (χ2n) is 5.30. The summed E-state index contributed by atoms with van der Waals surface area (Å²) in [4.78, 5) is 11.6. The third-order valence-corrected chi connectivity index (χ3v) is 3.71. The number of carbonyl (C=O) groups excluding carboxylic acids is 1. The standard InChI is InChI=1S/C13H26N2O/c1-3-10(2)8-13(16)15-9-11-4-6-12(14)7-5-11/h10-12H,3-9,14H2,1-2H3,(H,15,16). The summed E-state index contributed by atoms with van der Waals surface area (Å²) in [6, 6.07) is 0.395. The van der Waals surface area contributed by atoms with Crippen molar-refractivity contribution in [2.45, 2.75) is 58.4 Å². The molecule has 0 radical (unpaired) electrons. The lowest BCUT2D eigenvalue weighted by molar-refractivity contribution is -0.122. The summed E-state index contributed by atoms with van der Waals surface area (Å²) in [7, 11) is 0. The molecule has 1 saturated carbocycles. The first-order chi connectivity index (χ1) is 7.61. The molecule has 0 bridgehead atoms. The van der Waals surface area contributed by atoms with Crippen LogP contribution in [0.4, 0.5) is 0 Å². The molecule has 3 nitrogen and oxygen atoms in total. The molecule has 1 aliphatic carbocycles. The molecule has 0 aromatic rings. The average molecular weight is 226 g/mol. The first kappa shape index (κ1) is 13.5. The van der Waals surface area contributed by atoms with Crippen molar-refractivity contribution in [3.8, 4) is 0 Å². The van der Waals surface area contributed by atoms with Crippen LogP contribution in [0.1, 0.15) is 52.4 Å². The van der Waals surface area contributed by atoms with E-state index in [1.807, 2.05) is 0 Å². The fourth-order valence-corrected chi connectivity index (χ4v) is 2.18. The Balaban J connectivity index is 2.12. The number of nitrogens with two attached hydrogens (primary N) is 1. The highest BCUT2D eigenvalue weighted by molar-refractivity contribution is 5.76. The highest BCUT2D eigenvalue weighted by Crippen LogP contribution is 2.22. The summed E-state index contributed by atoms with van der Waals surface area (Å²) in [6.45, 7) is 5.10. The van der Waals surface area contributed by atoms with Gasteiger partial charge in [0.1, 0.15) is 0 Å². The van der Waals surface area contributed by atoms with Crippen LogP contribution in [0.2, 0.25) is 0 Å². The van der Waals surface area contributed by atoms with Gasteiger partial charge < -0.3 is 11.1 Å². The maximum absolute atomic E-state index is 11.6. The minimum absolute atomic E-state index is 0.212. The SMILES string of the molecule is CCC(C)CC(=O)NCC1CCC(N)CC1. The molecule has 0 saturated heterocycles. The van der Waals surface area contributed by atoms with Crippen LogP contribution in [-0.4, -0.2) is 18.5 Å². The first-order valence-electron chi connectivity index (χ1n) is 6.64. The van der Waals surface area contributed by atoms with Gasteiger partial charge in [0, 0.05) is 19.0 Å². The van der Waals surface area contributed by atoms with E-state index in [0.717, 1.165) is 25.8 Å². The van der Waals surface area contributed by atoms with Crippen molar-refractivity contribution in [2.24, 2.45) is 17.6 Å². The predicted molar refractivity (Wildman–Crippen MR) is 67.0 cm³/mol. The van der Waals surface area contributed by atoms with Gasteiger partial charge in [-0.1, -0.05) is 20.3 Å². The zero-order chi connectivity index (χ0) is 12.0. The Morgan fingerprint density at radius 2 is 2.00 bits per heavy atom. The van der Waals surface area contributed by atoms with Gasteiger partial charge >= 0.3 is 0 Å². The second kappa shape index (κ2) is 6.89. The second-order valence-corrected chi connectivity index (χ2v) is 5.30. The van der Waals surface area contributed by atoms with Crippen LogP contribution < -0.4 is 11.1 Å². The molecule has 0 aromatic heterocycles. The molecule has 3 heteroatoms. The molecule has 1 aliphatic rings. The normalized spacial score (nSPS) is 27.4. The van der Waals surface area contributed by atoms with Crippen molar-refractivity contribution in [3.05, 3.63) is 0 Å². The van der Waals surface area contributed by atoms with Crippen molar-refractivity contribution < 1.29 is 4.79 Å². The Kier molecular flexibility index (Phi) is 5.81. The average Bonchev–Trinajstić information content (AvgIpc) is 2.28. The fourth-order valence-electron chi connectivity index (χ4n) is 2.18. The van der Waals surface area contributed by atoms with Crippen molar-refractivity contribution >= 4 is 5.91 Å². The molecule has 1 atom stereocenters. The molecular weight excluding hydrogens is 200 g/mol. The molecule has 1 unspecified atom stereocenters. The summed E-state index contributed by atoms with van der Waals surface area (Å²) >= 11 is 0. The topological polar surface area (TPSA) is 55.1 Å². The number of rotatable bonds is 5. The fraction of sp³-hybridized carbons (Fsp3) is 0.923. The van der Waals surface area contributed by atoms with Gasteiger partial charge in [0.15, 0.2) is 0 Å². The van der Waals surface area contributed by atoms with E-state index in [-0.39, 0.29) is 5.91 Å². The Bertz CT molecular complexity index is 210. The van der Waals surface area contributed by atoms with Crippen molar-refractivity contribution in [2.75, 3.05) is 6.54 Å². The van der Waals surface area contributed by atoms with Crippen LogP contribution in [0.25, 0.3) is 0 Å². The molecule has 3 N–H and O–H groups in total. The van der Waals surface area contributed by atoms with E-state index in [9.17, 15) is 4.79 Å². The van der Waals surface area contributed by atoms with E-state index < -0.39 is 0 Å². The maximum Gasteiger partial charge on any atom is 0.220 e. The van der Waals surface area contributed by atoms with Crippen LogP contribution in [0.5, 0.6) is 0 Å². The van der Waals surface area contributed by atoms with E-state index in [4.69, 9.17) is 5.73 Å². The highest BCUT2D eigenvalue weighted by atomic mass is 16.1. The third-order valence-electron chi connectivity index (χ3n) is 3.71. The largest absolute Gasteiger partial charge is 0.356 e. The third kappa shape index (κ3) is 4.97. The van der Waals surface area contributed by atoms with Gasteiger partial charge in [0.2, 0.25) is 5.91 Å². The van der Waals surface area contributed by atoms with Gasteiger partial charge in [-0.25, -0.2) is 0 Å². The Hall–Kier alpha value is -0.570. The monoisotopic (exact) mass is 226 g/mol. The Morgan fingerprint density at radius 1 is 1.38 bits per heavy atom. The summed E-state index contributed by atoms with van der Waals surface area (Å²) in [6.07, 6.45) is 6.32. The van der Waals surface area contributed by atoms with Crippen molar-refractivity contribution in [1.82, 2.24) is 5.32 Å². The van der Waals surface area contributed by atoms with Gasteiger partial charge in [0.25, 0.3) is 0 Å².